The minimum absolute atomic E-state index is 0.399. The quantitative estimate of drug-likeness (QED) is 0.719. The van der Waals surface area contributed by atoms with Crippen LogP contribution >= 0.6 is 0 Å². The lowest BCUT2D eigenvalue weighted by molar-refractivity contribution is 0.0943. The van der Waals surface area contributed by atoms with E-state index >= 15 is 0 Å². The van der Waals surface area contributed by atoms with E-state index in [0.29, 0.717) is 31.3 Å². The highest BCUT2D eigenvalue weighted by atomic mass is 16.5. The van der Waals surface area contributed by atoms with Crippen LogP contribution < -0.4 is 10.4 Å². The summed E-state index contributed by atoms with van der Waals surface area (Å²) in [5.41, 5.74) is -0.399. The van der Waals surface area contributed by atoms with E-state index in [1.54, 1.807) is 19.3 Å². The molecule has 5 nitrogen and oxygen atoms in total. The van der Waals surface area contributed by atoms with E-state index in [0.717, 1.165) is 12.2 Å². The van der Waals surface area contributed by atoms with Crippen LogP contribution in [0.1, 0.15) is 17.9 Å². The normalized spacial score (nSPS) is 10.6. The highest BCUT2D eigenvalue weighted by Crippen LogP contribution is 2.09. The molecule has 0 unspecified atom stereocenters. The Morgan fingerprint density at radius 1 is 1.26 bits per heavy atom. The van der Waals surface area contributed by atoms with Gasteiger partial charge in [0, 0.05) is 12.5 Å². The molecule has 2 heterocycles. The minimum Gasteiger partial charge on any atom is -0.493 e. The number of ether oxygens (including phenoxy) is 2. The highest BCUT2D eigenvalue weighted by molar-refractivity contribution is 5.19. The Morgan fingerprint density at radius 3 is 2.89 bits per heavy atom. The maximum Gasteiger partial charge on any atom is 0.339 e. The first-order valence-corrected chi connectivity index (χ1v) is 6.09. The molecule has 0 amide bonds. The molecule has 0 spiro atoms. The zero-order valence-electron chi connectivity index (χ0n) is 10.8. The number of hydrogen-bond acceptors (Lipinski definition) is 5. The lowest BCUT2D eigenvalue weighted by atomic mass is 10.4. The molecule has 0 saturated heterocycles. The van der Waals surface area contributed by atoms with E-state index in [4.69, 9.17) is 18.3 Å². The second-order valence-corrected chi connectivity index (χ2v) is 4.06. The first kappa shape index (κ1) is 13.4. The van der Waals surface area contributed by atoms with Gasteiger partial charge in [-0.3, -0.25) is 0 Å². The standard InChI is InChI=1S/C14H16O5/c1-11-8-13(9-14(15)19-11)18-7-3-5-16-10-12-4-2-6-17-12/h2,4,6,8-9H,3,5,7,10H2,1H3. The van der Waals surface area contributed by atoms with Crippen molar-refractivity contribution in [2.45, 2.75) is 20.0 Å². The summed E-state index contributed by atoms with van der Waals surface area (Å²) in [4.78, 5) is 11.1. The Bertz CT molecular complexity index is 541. The fourth-order valence-corrected chi connectivity index (χ4v) is 1.58. The molecule has 2 rings (SSSR count). The van der Waals surface area contributed by atoms with Crippen LogP contribution in [0, 0.1) is 6.92 Å². The third-order valence-electron chi connectivity index (χ3n) is 2.39. The van der Waals surface area contributed by atoms with Gasteiger partial charge in [-0.25, -0.2) is 4.79 Å². The SMILES string of the molecule is Cc1cc(OCCCOCc2ccco2)cc(=O)o1. The first-order chi connectivity index (χ1) is 9.24. The fraction of sp³-hybridized carbons (Fsp3) is 0.357. The van der Waals surface area contributed by atoms with E-state index in [9.17, 15) is 4.79 Å². The summed E-state index contributed by atoms with van der Waals surface area (Å²) in [7, 11) is 0. The average Bonchev–Trinajstić information content (AvgIpc) is 2.85. The van der Waals surface area contributed by atoms with Crippen LogP contribution in [0.3, 0.4) is 0 Å². The van der Waals surface area contributed by atoms with Crippen molar-refractivity contribution < 1.29 is 18.3 Å². The van der Waals surface area contributed by atoms with Crippen molar-refractivity contribution in [3.05, 3.63) is 52.5 Å². The van der Waals surface area contributed by atoms with Crippen LogP contribution in [-0.4, -0.2) is 13.2 Å². The summed E-state index contributed by atoms with van der Waals surface area (Å²) in [5.74, 6) is 1.87. The first-order valence-electron chi connectivity index (χ1n) is 6.09. The maximum absolute atomic E-state index is 11.1. The topological polar surface area (TPSA) is 61.8 Å². The Kier molecular flexibility index (Phi) is 4.80. The second kappa shape index (κ2) is 6.80. The van der Waals surface area contributed by atoms with Crippen LogP contribution in [-0.2, 0) is 11.3 Å². The summed E-state index contributed by atoms with van der Waals surface area (Å²) in [6, 6.07) is 6.70. The summed E-state index contributed by atoms with van der Waals surface area (Å²) in [5, 5.41) is 0. The number of hydrogen-bond donors (Lipinski definition) is 0. The molecule has 0 N–H and O–H groups in total. The molecule has 0 aromatic carbocycles. The van der Waals surface area contributed by atoms with Crippen LogP contribution in [0.5, 0.6) is 5.75 Å². The Balaban J connectivity index is 1.62. The van der Waals surface area contributed by atoms with Crippen molar-refractivity contribution >= 4 is 0 Å². The predicted molar refractivity (Wildman–Crippen MR) is 68.2 cm³/mol. The van der Waals surface area contributed by atoms with Crippen molar-refractivity contribution in [1.82, 2.24) is 0 Å². The van der Waals surface area contributed by atoms with Gasteiger partial charge < -0.3 is 18.3 Å². The van der Waals surface area contributed by atoms with E-state index in [-0.39, 0.29) is 0 Å². The Morgan fingerprint density at radius 2 is 2.16 bits per heavy atom. The van der Waals surface area contributed by atoms with E-state index in [1.807, 2.05) is 12.1 Å². The van der Waals surface area contributed by atoms with E-state index in [2.05, 4.69) is 0 Å². The van der Waals surface area contributed by atoms with Gasteiger partial charge in [0.05, 0.1) is 25.5 Å². The second-order valence-electron chi connectivity index (χ2n) is 4.06. The summed E-state index contributed by atoms with van der Waals surface area (Å²) >= 11 is 0. The van der Waals surface area contributed by atoms with E-state index < -0.39 is 5.63 Å². The fourth-order valence-electron chi connectivity index (χ4n) is 1.58. The zero-order valence-corrected chi connectivity index (χ0v) is 10.8. The number of rotatable bonds is 7. The molecule has 0 bridgehead atoms. The molecule has 0 aliphatic rings. The van der Waals surface area contributed by atoms with Crippen molar-refractivity contribution in [2.75, 3.05) is 13.2 Å². The third kappa shape index (κ3) is 4.63. The lowest BCUT2D eigenvalue weighted by Crippen LogP contribution is -2.05. The molecule has 0 atom stereocenters. The van der Waals surface area contributed by atoms with Crippen LogP contribution in [0.2, 0.25) is 0 Å². The largest absolute Gasteiger partial charge is 0.493 e. The van der Waals surface area contributed by atoms with Crippen LogP contribution in [0.15, 0.2) is 44.2 Å². The molecular weight excluding hydrogens is 248 g/mol. The highest BCUT2D eigenvalue weighted by Gasteiger charge is 1.99. The molecule has 0 fully saturated rings. The van der Waals surface area contributed by atoms with Gasteiger partial charge in [0.15, 0.2) is 0 Å². The van der Waals surface area contributed by atoms with Gasteiger partial charge in [-0.05, 0) is 19.1 Å². The van der Waals surface area contributed by atoms with Crippen molar-refractivity contribution in [2.24, 2.45) is 0 Å². The summed E-state index contributed by atoms with van der Waals surface area (Å²) < 4.78 is 20.8. The van der Waals surface area contributed by atoms with Gasteiger partial charge in [-0.2, -0.15) is 0 Å². The number of aryl methyl sites for hydroxylation is 1. The van der Waals surface area contributed by atoms with Gasteiger partial charge in [-0.1, -0.05) is 0 Å². The van der Waals surface area contributed by atoms with Crippen molar-refractivity contribution in [3.63, 3.8) is 0 Å². The average molecular weight is 264 g/mol. The van der Waals surface area contributed by atoms with Gasteiger partial charge in [-0.15, -0.1) is 0 Å². The van der Waals surface area contributed by atoms with Gasteiger partial charge >= 0.3 is 5.63 Å². The van der Waals surface area contributed by atoms with Gasteiger partial charge in [0.2, 0.25) is 0 Å². The summed E-state index contributed by atoms with van der Waals surface area (Å²) in [6.07, 6.45) is 2.35. The minimum atomic E-state index is -0.399. The Hall–Kier alpha value is -2.01. The maximum atomic E-state index is 11.1. The van der Waals surface area contributed by atoms with Crippen molar-refractivity contribution in [3.8, 4) is 5.75 Å². The van der Waals surface area contributed by atoms with E-state index in [1.165, 1.54) is 6.07 Å². The van der Waals surface area contributed by atoms with Crippen LogP contribution in [0.25, 0.3) is 0 Å². The van der Waals surface area contributed by atoms with Crippen LogP contribution in [0.4, 0.5) is 0 Å². The van der Waals surface area contributed by atoms with Gasteiger partial charge in [0.25, 0.3) is 0 Å². The number of furan rings is 1. The smallest absolute Gasteiger partial charge is 0.339 e. The molecule has 2 aromatic rings. The molecule has 19 heavy (non-hydrogen) atoms. The molecular formula is C14H16O5. The molecule has 102 valence electrons. The molecule has 2 aromatic heterocycles. The van der Waals surface area contributed by atoms with Gasteiger partial charge in [0.1, 0.15) is 23.9 Å². The van der Waals surface area contributed by atoms with Crippen molar-refractivity contribution in [1.29, 1.82) is 0 Å². The lowest BCUT2D eigenvalue weighted by Gasteiger charge is -2.06. The molecule has 0 radical (unpaired) electrons. The molecule has 0 aliphatic carbocycles. The summed E-state index contributed by atoms with van der Waals surface area (Å²) in [6.45, 7) is 3.23. The third-order valence-corrected chi connectivity index (χ3v) is 2.39. The Labute approximate surface area is 110 Å². The predicted octanol–water partition coefficient (Wildman–Crippen LogP) is 2.53. The molecule has 0 saturated carbocycles. The molecule has 5 heteroatoms. The zero-order chi connectivity index (χ0) is 13.5. The monoisotopic (exact) mass is 264 g/mol. The molecule has 0 aliphatic heterocycles.